The molecule has 0 spiro atoms. The van der Waals surface area contributed by atoms with Crippen molar-refractivity contribution in [3.05, 3.63) is 66.3 Å². The molecule has 3 aromatic rings. The highest BCUT2D eigenvalue weighted by Gasteiger charge is 2.12. The number of rotatable bonds is 9. The van der Waals surface area contributed by atoms with Crippen LogP contribution in [0.3, 0.4) is 0 Å². The monoisotopic (exact) mass is 470 g/mol. The summed E-state index contributed by atoms with van der Waals surface area (Å²) in [6.45, 7) is 10.3. The second kappa shape index (κ2) is 12.2. The average Bonchev–Trinajstić information content (AvgIpc) is 3.25. The number of carbonyl (C=O) groups excluding carboxylic acids is 1. The number of aromatic nitrogens is 3. The van der Waals surface area contributed by atoms with E-state index in [0.717, 1.165) is 10.9 Å². The average molecular weight is 471 g/mol. The van der Waals surface area contributed by atoms with E-state index in [2.05, 4.69) is 38.6 Å². The van der Waals surface area contributed by atoms with E-state index >= 15 is 0 Å². The molecule has 0 atom stereocenters. The summed E-state index contributed by atoms with van der Waals surface area (Å²) in [7, 11) is 3.37. The first kappa shape index (κ1) is 26.2. The number of aromatic amines is 1. The van der Waals surface area contributed by atoms with Crippen LogP contribution in [-0.4, -0.2) is 59.6 Å². The fourth-order valence-electron chi connectivity index (χ4n) is 2.82. The molecule has 34 heavy (non-hydrogen) atoms. The van der Waals surface area contributed by atoms with Crippen molar-refractivity contribution in [1.82, 2.24) is 19.9 Å². The summed E-state index contributed by atoms with van der Waals surface area (Å²) in [5.74, 6) is 0.180. The molecule has 2 aromatic heterocycles. The van der Waals surface area contributed by atoms with E-state index in [1.54, 1.807) is 26.2 Å². The van der Waals surface area contributed by atoms with Crippen LogP contribution in [-0.2, 0) is 4.74 Å². The summed E-state index contributed by atoms with van der Waals surface area (Å²) in [6, 6.07) is 8.89. The van der Waals surface area contributed by atoms with E-state index in [9.17, 15) is 13.6 Å². The first-order chi connectivity index (χ1) is 16.3. The summed E-state index contributed by atoms with van der Waals surface area (Å²) in [5.41, 5.74) is 2.71. The molecule has 0 aliphatic rings. The van der Waals surface area contributed by atoms with Gasteiger partial charge in [-0.25, -0.2) is 18.7 Å². The standard InChI is InChI=1S/C22H22F2N6O2.C2H6/c1-13(32-12-20(23)24)9-18(25-2)17-7-8-26-22(29-17)27-15-5-6-16-14(10-15)11-19(28-16)21(31)30(3)4;1-2/h5-11,20,28H,1-2,12H2,3-4H3,(H,26,27,29);1-2H3/b18-9-;. The van der Waals surface area contributed by atoms with E-state index in [0.29, 0.717) is 22.8 Å². The molecule has 10 heteroatoms. The zero-order chi connectivity index (χ0) is 25.3. The molecule has 0 bridgehead atoms. The summed E-state index contributed by atoms with van der Waals surface area (Å²) in [4.78, 5) is 29.2. The van der Waals surface area contributed by atoms with Crippen LogP contribution in [0.5, 0.6) is 0 Å². The number of carbonyl (C=O) groups is 1. The molecule has 0 aliphatic heterocycles. The quantitative estimate of drug-likeness (QED) is 0.252. The number of benzene rings is 1. The second-order valence-corrected chi connectivity index (χ2v) is 6.93. The van der Waals surface area contributed by atoms with E-state index in [1.165, 1.54) is 17.2 Å². The number of aliphatic imine (C=N–C) groups is 1. The van der Waals surface area contributed by atoms with Gasteiger partial charge in [0.25, 0.3) is 12.3 Å². The minimum absolute atomic E-state index is 0.0156. The molecule has 0 radical (unpaired) electrons. The zero-order valence-electron chi connectivity index (χ0n) is 19.6. The summed E-state index contributed by atoms with van der Waals surface area (Å²) in [6.07, 6.45) is 0.288. The normalized spacial score (nSPS) is 11.0. The van der Waals surface area contributed by atoms with Crippen molar-refractivity contribution >= 4 is 40.9 Å². The van der Waals surface area contributed by atoms with Crippen molar-refractivity contribution in [2.45, 2.75) is 20.3 Å². The van der Waals surface area contributed by atoms with E-state index in [1.807, 2.05) is 32.0 Å². The molecular weight excluding hydrogens is 442 g/mol. The highest BCUT2D eigenvalue weighted by atomic mass is 19.3. The van der Waals surface area contributed by atoms with Gasteiger partial charge < -0.3 is 19.9 Å². The molecule has 0 saturated carbocycles. The van der Waals surface area contributed by atoms with Crippen LogP contribution in [0.2, 0.25) is 0 Å². The lowest BCUT2D eigenvalue weighted by Gasteiger charge is -2.08. The van der Waals surface area contributed by atoms with Crippen LogP contribution in [0, 0.1) is 0 Å². The van der Waals surface area contributed by atoms with Crippen molar-refractivity contribution in [1.29, 1.82) is 0 Å². The Morgan fingerprint density at radius 3 is 2.68 bits per heavy atom. The number of hydrogen-bond acceptors (Lipinski definition) is 6. The number of nitrogens with zero attached hydrogens (tertiary/aromatic N) is 4. The van der Waals surface area contributed by atoms with Crippen molar-refractivity contribution in [3.63, 3.8) is 0 Å². The fraction of sp³-hybridized carbons (Fsp3) is 0.250. The minimum Gasteiger partial charge on any atom is -0.488 e. The number of alkyl halides is 2. The van der Waals surface area contributed by atoms with Gasteiger partial charge in [-0.1, -0.05) is 20.4 Å². The molecular formula is C24H28F2N6O2. The van der Waals surface area contributed by atoms with Crippen LogP contribution < -0.4 is 5.32 Å². The molecule has 2 heterocycles. The smallest absolute Gasteiger partial charge is 0.272 e. The van der Waals surface area contributed by atoms with Crippen molar-refractivity contribution in [3.8, 4) is 0 Å². The van der Waals surface area contributed by atoms with E-state index in [-0.39, 0.29) is 17.6 Å². The molecule has 1 aromatic carbocycles. The molecule has 8 nitrogen and oxygen atoms in total. The third kappa shape index (κ3) is 6.96. The number of allylic oxidation sites excluding steroid dienone is 1. The Bertz CT molecular complexity index is 1190. The van der Waals surface area contributed by atoms with Gasteiger partial charge in [-0.15, -0.1) is 0 Å². The molecule has 0 unspecified atom stereocenters. The summed E-state index contributed by atoms with van der Waals surface area (Å²) < 4.78 is 29.5. The minimum atomic E-state index is -2.61. The van der Waals surface area contributed by atoms with Crippen molar-refractivity contribution in [2.24, 2.45) is 4.99 Å². The van der Waals surface area contributed by atoms with Gasteiger partial charge in [0.2, 0.25) is 5.95 Å². The SMILES string of the molecule is C=N/C(=C\C(=C)OCC(F)F)c1ccnc(Nc2ccc3[nH]c(C(=O)N(C)C)cc3c2)n1.CC. The predicted molar refractivity (Wildman–Crippen MR) is 132 cm³/mol. The number of anilines is 2. The van der Waals surface area contributed by atoms with Gasteiger partial charge >= 0.3 is 0 Å². The highest BCUT2D eigenvalue weighted by molar-refractivity contribution is 5.98. The van der Waals surface area contributed by atoms with Gasteiger partial charge in [0.15, 0.2) is 0 Å². The third-order valence-electron chi connectivity index (χ3n) is 4.29. The number of halogens is 2. The molecule has 0 fully saturated rings. The Labute approximate surface area is 197 Å². The Morgan fingerprint density at radius 2 is 2.03 bits per heavy atom. The van der Waals surface area contributed by atoms with Crippen LogP contribution in [0.15, 0.2) is 59.9 Å². The van der Waals surface area contributed by atoms with E-state index in [4.69, 9.17) is 4.74 Å². The number of fused-ring (bicyclic) bond motifs is 1. The first-order valence-electron chi connectivity index (χ1n) is 10.5. The lowest BCUT2D eigenvalue weighted by atomic mass is 10.2. The van der Waals surface area contributed by atoms with Gasteiger partial charge in [-0.2, -0.15) is 0 Å². The van der Waals surface area contributed by atoms with Gasteiger partial charge in [0.1, 0.15) is 18.1 Å². The second-order valence-electron chi connectivity index (χ2n) is 6.93. The Hall–Kier alpha value is -4.08. The highest BCUT2D eigenvalue weighted by Crippen LogP contribution is 2.23. The van der Waals surface area contributed by atoms with Gasteiger partial charge in [0, 0.05) is 43.0 Å². The number of H-pyrrole nitrogens is 1. The van der Waals surface area contributed by atoms with Gasteiger partial charge in [-0.05, 0) is 37.0 Å². The Morgan fingerprint density at radius 1 is 1.29 bits per heavy atom. The Balaban J connectivity index is 0.00000199. The number of ether oxygens (including phenoxy) is 1. The first-order valence-corrected chi connectivity index (χ1v) is 10.5. The van der Waals surface area contributed by atoms with Crippen LogP contribution in [0.4, 0.5) is 20.4 Å². The maximum absolute atomic E-state index is 12.3. The molecule has 1 amide bonds. The summed E-state index contributed by atoms with van der Waals surface area (Å²) >= 11 is 0. The largest absolute Gasteiger partial charge is 0.488 e. The van der Waals surface area contributed by atoms with Gasteiger partial charge in [0.05, 0.1) is 11.4 Å². The number of nitrogens with one attached hydrogen (secondary N) is 2. The maximum Gasteiger partial charge on any atom is 0.272 e. The van der Waals surface area contributed by atoms with Crippen molar-refractivity contribution < 1.29 is 18.3 Å². The lowest BCUT2D eigenvalue weighted by Crippen LogP contribution is -2.21. The summed E-state index contributed by atoms with van der Waals surface area (Å²) in [5, 5.41) is 3.94. The number of hydrogen-bond donors (Lipinski definition) is 2. The van der Waals surface area contributed by atoms with Crippen LogP contribution in [0.25, 0.3) is 16.6 Å². The molecule has 0 saturated heterocycles. The number of amides is 1. The van der Waals surface area contributed by atoms with Crippen LogP contribution >= 0.6 is 0 Å². The maximum atomic E-state index is 12.3. The Kier molecular flexibility index (Phi) is 9.42. The third-order valence-corrected chi connectivity index (χ3v) is 4.29. The molecule has 180 valence electrons. The molecule has 2 N–H and O–H groups in total. The fourth-order valence-corrected chi connectivity index (χ4v) is 2.82. The van der Waals surface area contributed by atoms with Gasteiger partial charge in [-0.3, -0.25) is 9.79 Å². The predicted octanol–water partition coefficient (Wildman–Crippen LogP) is 5.27. The lowest BCUT2D eigenvalue weighted by molar-refractivity contribution is 0.0530. The van der Waals surface area contributed by atoms with Crippen molar-refractivity contribution in [2.75, 3.05) is 26.0 Å². The van der Waals surface area contributed by atoms with Crippen LogP contribution in [0.1, 0.15) is 30.0 Å². The van der Waals surface area contributed by atoms with E-state index < -0.39 is 13.0 Å². The zero-order valence-corrected chi connectivity index (χ0v) is 19.6. The molecule has 0 aliphatic carbocycles. The molecule has 3 rings (SSSR count). The topological polar surface area (TPSA) is 95.5 Å².